The Morgan fingerprint density at radius 3 is 2.86 bits per heavy atom. The summed E-state index contributed by atoms with van der Waals surface area (Å²) in [5, 5.41) is 9.93. The van der Waals surface area contributed by atoms with Crippen molar-refractivity contribution in [2.24, 2.45) is 11.8 Å². The van der Waals surface area contributed by atoms with Gasteiger partial charge in [-0.05, 0) is 30.9 Å². The molecule has 1 fully saturated rings. The third kappa shape index (κ3) is 3.26. The molecular formula is C15H18N4OS. The van der Waals surface area contributed by atoms with E-state index < -0.39 is 0 Å². The number of nitrogens with zero attached hydrogens (tertiary/aromatic N) is 4. The molecule has 2 heterocycles. The summed E-state index contributed by atoms with van der Waals surface area (Å²) in [6.45, 7) is 4.91. The van der Waals surface area contributed by atoms with Crippen LogP contribution in [0.4, 0.5) is 5.13 Å². The predicted molar refractivity (Wildman–Crippen MR) is 83.1 cm³/mol. The molecule has 0 aromatic carbocycles. The Labute approximate surface area is 128 Å². The molecular weight excluding hydrogens is 284 g/mol. The molecule has 0 unspecified atom stereocenters. The number of carbonyl (C=O) groups excluding carboxylic acids is 1. The quantitative estimate of drug-likeness (QED) is 0.852. The van der Waals surface area contributed by atoms with Crippen LogP contribution < -0.4 is 4.90 Å². The highest BCUT2D eigenvalue weighted by molar-refractivity contribution is 7.18. The van der Waals surface area contributed by atoms with Crippen LogP contribution in [0.15, 0.2) is 24.5 Å². The molecule has 1 saturated carbocycles. The van der Waals surface area contributed by atoms with Gasteiger partial charge in [0.05, 0.1) is 0 Å². The van der Waals surface area contributed by atoms with Crippen LogP contribution in [0.25, 0.3) is 10.6 Å². The summed E-state index contributed by atoms with van der Waals surface area (Å²) < 4.78 is 0. The van der Waals surface area contributed by atoms with Crippen LogP contribution in [-0.2, 0) is 4.79 Å². The summed E-state index contributed by atoms with van der Waals surface area (Å²) in [4.78, 5) is 18.3. The lowest BCUT2D eigenvalue weighted by atomic mass is 10.2. The van der Waals surface area contributed by atoms with Crippen molar-refractivity contribution >= 4 is 22.4 Å². The number of aromatic nitrogens is 3. The molecule has 21 heavy (non-hydrogen) atoms. The van der Waals surface area contributed by atoms with Crippen LogP contribution in [0.5, 0.6) is 0 Å². The van der Waals surface area contributed by atoms with Crippen molar-refractivity contribution in [2.45, 2.75) is 26.7 Å². The molecule has 3 rings (SSSR count). The Morgan fingerprint density at radius 2 is 2.24 bits per heavy atom. The second kappa shape index (κ2) is 5.89. The summed E-state index contributed by atoms with van der Waals surface area (Å²) >= 11 is 1.45. The number of pyridine rings is 1. The van der Waals surface area contributed by atoms with E-state index in [9.17, 15) is 4.79 Å². The molecule has 1 aliphatic carbocycles. The van der Waals surface area contributed by atoms with Gasteiger partial charge in [-0.15, -0.1) is 10.2 Å². The topological polar surface area (TPSA) is 59.0 Å². The highest BCUT2D eigenvalue weighted by Gasteiger charge is 2.35. The van der Waals surface area contributed by atoms with Crippen LogP contribution in [0.2, 0.25) is 0 Å². The van der Waals surface area contributed by atoms with Crippen molar-refractivity contribution < 1.29 is 4.79 Å². The van der Waals surface area contributed by atoms with Crippen molar-refractivity contribution in [2.75, 3.05) is 11.4 Å². The smallest absolute Gasteiger partial charge is 0.231 e. The molecule has 0 atom stereocenters. The van der Waals surface area contributed by atoms with Gasteiger partial charge >= 0.3 is 0 Å². The van der Waals surface area contributed by atoms with Crippen molar-refractivity contribution in [1.29, 1.82) is 0 Å². The Kier molecular flexibility index (Phi) is 3.96. The van der Waals surface area contributed by atoms with Gasteiger partial charge in [0, 0.05) is 30.4 Å². The summed E-state index contributed by atoms with van der Waals surface area (Å²) in [5.41, 5.74) is 0.935. The van der Waals surface area contributed by atoms with E-state index in [1.807, 2.05) is 12.1 Å². The minimum absolute atomic E-state index is 0.189. The second-order valence-electron chi connectivity index (χ2n) is 5.75. The van der Waals surface area contributed by atoms with Gasteiger partial charge in [0.1, 0.15) is 0 Å². The Hall–Kier alpha value is -1.82. The van der Waals surface area contributed by atoms with Gasteiger partial charge < -0.3 is 0 Å². The fourth-order valence-corrected chi connectivity index (χ4v) is 2.96. The average Bonchev–Trinajstić information content (AvgIpc) is 3.22. The third-order valence-corrected chi connectivity index (χ3v) is 4.29. The van der Waals surface area contributed by atoms with E-state index in [-0.39, 0.29) is 11.8 Å². The van der Waals surface area contributed by atoms with Gasteiger partial charge in [0.25, 0.3) is 0 Å². The molecule has 0 N–H and O–H groups in total. The van der Waals surface area contributed by atoms with Gasteiger partial charge in [0.15, 0.2) is 5.01 Å². The fraction of sp³-hybridized carbons (Fsp3) is 0.467. The lowest BCUT2D eigenvalue weighted by Crippen LogP contribution is -2.35. The van der Waals surface area contributed by atoms with Crippen LogP contribution in [-0.4, -0.2) is 27.6 Å². The molecule has 0 saturated heterocycles. The lowest BCUT2D eigenvalue weighted by molar-refractivity contribution is -0.119. The van der Waals surface area contributed by atoms with Crippen molar-refractivity contribution in [1.82, 2.24) is 15.2 Å². The first kappa shape index (κ1) is 14.1. The van der Waals surface area contributed by atoms with E-state index >= 15 is 0 Å². The Bertz CT molecular complexity index is 622. The predicted octanol–water partition coefficient (Wildman–Crippen LogP) is 3.00. The van der Waals surface area contributed by atoms with Gasteiger partial charge in [0.2, 0.25) is 11.0 Å². The zero-order valence-electron chi connectivity index (χ0n) is 12.2. The zero-order chi connectivity index (χ0) is 14.8. The lowest BCUT2D eigenvalue weighted by Gasteiger charge is -2.21. The maximum absolute atomic E-state index is 12.4. The van der Waals surface area contributed by atoms with Gasteiger partial charge in [-0.2, -0.15) is 0 Å². The molecule has 110 valence electrons. The highest BCUT2D eigenvalue weighted by atomic mass is 32.1. The molecule has 0 bridgehead atoms. The van der Waals surface area contributed by atoms with Crippen LogP contribution in [0, 0.1) is 11.8 Å². The first-order chi connectivity index (χ1) is 10.1. The first-order valence-corrected chi connectivity index (χ1v) is 8.02. The first-order valence-electron chi connectivity index (χ1n) is 7.20. The zero-order valence-corrected chi connectivity index (χ0v) is 13.0. The normalized spacial score (nSPS) is 14.4. The molecule has 1 amide bonds. The van der Waals surface area contributed by atoms with Crippen LogP contribution in [0.1, 0.15) is 26.7 Å². The third-order valence-electron chi connectivity index (χ3n) is 3.29. The SMILES string of the molecule is CC(C)CN(C(=O)C1CC1)c1nnc(-c2cccnc2)s1. The molecule has 0 aliphatic heterocycles. The molecule has 0 radical (unpaired) electrons. The summed E-state index contributed by atoms with van der Waals surface area (Å²) in [6.07, 6.45) is 5.50. The minimum atomic E-state index is 0.189. The average molecular weight is 302 g/mol. The number of hydrogen-bond acceptors (Lipinski definition) is 5. The number of hydrogen-bond donors (Lipinski definition) is 0. The molecule has 2 aromatic rings. The maximum atomic E-state index is 12.4. The van der Waals surface area contributed by atoms with Gasteiger partial charge in [-0.3, -0.25) is 14.7 Å². The number of carbonyl (C=O) groups is 1. The summed E-state index contributed by atoms with van der Waals surface area (Å²) in [5.74, 6) is 0.783. The highest BCUT2D eigenvalue weighted by Crippen LogP contribution is 2.35. The van der Waals surface area contributed by atoms with E-state index in [0.29, 0.717) is 17.6 Å². The van der Waals surface area contributed by atoms with E-state index in [2.05, 4.69) is 29.0 Å². The monoisotopic (exact) mass is 302 g/mol. The Balaban J connectivity index is 1.86. The molecule has 1 aliphatic rings. The molecule has 2 aromatic heterocycles. The summed E-state index contributed by atoms with van der Waals surface area (Å²) in [6, 6.07) is 3.82. The van der Waals surface area contributed by atoms with Crippen LogP contribution in [0.3, 0.4) is 0 Å². The molecule has 6 heteroatoms. The summed E-state index contributed by atoms with van der Waals surface area (Å²) in [7, 11) is 0. The number of amides is 1. The van der Waals surface area contributed by atoms with Crippen molar-refractivity contribution in [3.63, 3.8) is 0 Å². The van der Waals surface area contributed by atoms with Gasteiger partial charge in [-0.25, -0.2) is 0 Å². The Morgan fingerprint density at radius 1 is 1.43 bits per heavy atom. The number of rotatable bonds is 5. The maximum Gasteiger partial charge on any atom is 0.231 e. The fourth-order valence-electron chi connectivity index (χ4n) is 2.11. The standard InChI is InChI=1S/C15H18N4OS/c1-10(2)9-19(14(20)11-5-6-11)15-18-17-13(21-15)12-4-3-7-16-8-12/h3-4,7-8,10-11H,5-6,9H2,1-2H3. The van der Waals surface area contributed by atoms with E-state index in [4.69, 9.17) is 0 Å². The minimum Gasteiger partial charge on any atom is -0.286 e. The second-order valence-corrected chi connectivity index (χ2v) is 6.70. The van der Waals surface area contributed by atoms with E-state index in [1.165, 1.54) is 11.3 Å². The van der Waals surface area contributed by atoms with Crippen molar-refractivity contribution in [3.05, 3.63) is 24.5 Å². The molecule has 0 spiro atoms. The van der Waals surface area contributed by atoms with Crippen molar-refractivity contribution in [3.8, 4) is 10.6 Å². The molecule has 5 nitrogen and oxygen atoms in total. The largest absolute Gasteiger partial charge is 0.286 e. The van der Waals surface area contributed by atoms with Crippen LogP contribution >= 0.6 is 11.3 Å². The van der Waals surface area contributed by atoms with Gasteiger partial charge in [-0.1, -0.05) is 25.2 Å². The van der Waals surface area contributed by atoms with E-state index in [0.717, 1.165) is 23.4 Å². The van der Waals surface area contributed by atoms with E-state index in [1.54, 1.807) is 17.3 Å². The number of anilines is 1.